The molecule has 0 radical (unpaired) electrons. The number of carbonyl (C=O) groups is 1. The van der Waals surface area contributed by atoms with Crippen molar-refractivity contribution in [2.45, 2.75) is 19.3 Å². The van der Waals surface area contributed by atoms with Gasteiger partial charge in [0, 0.05) is 22.5 Å². The zero-order valence-corrected chi connectivity index (χ0v) is 19.7. The number of benzene rings is 4. The van der Waals surface area contributed by atoms with Crippen LogP contribution in [-0.2, 0) is 5.41 Å². The number of allylic oxidation sites excluding steroid dienone is 1. The van der Waals surface area contributed by atoms with Crippen molar-refractivity contribution in [3.8, 4) is 0 Å². The number of hydrogen-bond acceptors (Lipinski definition) is 3. The van der Waals surface area contributed by atoms with E-state index in [-0.39, 0.29) is 11.0 Å². The molecule has 0 atom stereocenters. The molecule has 0 amide bonds. The number of nitrogens with zero attached hydrogens (tertiary/aromatic N) is 2. The predicted molar refractivity (Wildman–Crippen MR) is 144 cm³/mol. The van der Waals surface area contributed by atoms with Crippen LogP contribution in [-0.4, -0.2) is 16.8 Å². The second-order valence-electron chi connectivity index (χ2n) is 9.09. The molecule has 1 N–H and O–H groups in total. The van der Waals surface area contributed by atoms with E-state index in [1.54, 1.807) is 18.2 Å². The van der Waals surface area contributed by atoms with Gasteiger partial charge >= 0.3 is 5.97 Å². The first-order valence-electron chi connectivity index (χ1n) is 11.6. The van der Waals surface area contributed by atoms with Crippen molar-refractivity contribution in [2.75, 3.05) is 4.90 Å². The van der Waals surface area contributed by atoms with Gasteiger partial charge in [-0.15, -0.1) is 0 Å². The Labute approximate surface area is 205 Å². The van der Waals surface area contributed by atoms with E-state index in [1.165, 1.54) is 0 Å². The predicted octanol–water partition coefficient (Wildman–Crippen LogP) is 7.93. The smallest absolute Gasteiger partial charge is 0.335 e. The third kappa shape index (κ3) is 4.38. The van der Waals surface area contributed by atoms with E-state index in [4.69, 9.17) is 4.99 Å². The number of fused-ring (bicyclic) bond motifs is 1. The molecule has 4 heteroatoms. The Kier molecular flexibility index (Phi) is 5.79. The van der Waals surface area contributed by atoms with Crippen LogP contribution in [0.15, 0.2) is 114 Å². The molecule has 0 unspecified atom stereocenters. The highest BCUT2D eigenvalue weighted by molar-refractivity contribution is 6.10. The fourth-order valence-electron chi connectivity index (χ4n) is 4.43. The second kappa shape index (κ2) is 9.07. The zero-order valence-electron chi connectivity index (χ0n) is 19.7. The van der Waals surface area contributed by atoms with E-state index in [2.05, 4.69) is 73.4 Å². The molecule has 1 aliphatic rings. The van der Waals surface area contributed by atoms with Crippen LogP contribution in [0.4, 0.5) is 22.7 Å². The molecule has 4 aromatic carbocycles. The molecule has 0 saturated heterocycles. The van der Waals surface area contributed by atoms with E-state index in [0.29, 0.717) is 0 Å². The van der Waals surface area contributed by atoms with Crippen molar-refractivity contribution in [3.05, 3.63) is 126 Å². The molecule has 5 rings (SSSR count). The summed E-state index contributed by atoms with van der Waals surface area (Å²) in [5.41, 5.74) is 6.94. The summed E-state index contributed by atoms with van der Waals surface area (Å²) < 4.78 is 0. The van der Waals surface area contributed by atoms with E-state index >= 15 is 0 Å². The quantitative estimate of drug-likeness (QED) is 0.319. The lowest BCUT2D eigenvalue weighted by molar-refractivity contribution is 0.0697. The maximum Gasteiger partial charge on any atom is 0.335 e. The fourth-order valence-corrected chi connectivity index (χ4v) is 4.43. The van der Waals surface area contributed by atoms with E-state index in [0.717, 1.165) is 39.6 Å². The maximum absolute atomic E-state index is 11.4. The van der Waals surface area contributed by atoms with E-state index in [1.807, 2.05) is 42.5 Å². The van der Waals surface area contributed by atoms with Crippen LogP contribution in [0.3, 0.4) is 0 Å². The van der Waals surface area contributed by atoms with Gasteiger partial charge in [-0.25, -0.2) is 4.79 Å². The average molecular weight is 459 g/mol. The molecule has 4 nitrogen and oxygen atoms in total. The topological polar surface area (TPSA) is 52.9 Å². The van der Waals surface area contributed by atoms with Crippen LogP contribution in [0, 0.1) is 0 Å². The molecule has 0 aromatic heterocycles. The summed E-state index contributed by atoms with van der Waals surface area (Å²) in [6.45, 7) is 4.16. The summed E-state index contributed by atoms with van der Waals surface area (Å²) in [7, 11) is 0. The molecule has 35 heavy (non-hydrogen) atoms. The van der Waals surface area contributed by atoms with E-state index in [9.17, 15) is 9.90 Å². The molecule has 0 aliphatic carbocycles. The first-order valence-corrected chi connectivity index (χ1v) is 11.6. The normalized spacial score (nSPS) is 13.9. The third-order valence-electron chi connectivity index (χ3n) is 6.41. The largest absolute Gasteiger partial charge is 0.478 e. The lowest BCUT2D eigenvalue weighted by Crippen LogP contribution is -2.24. The van der Waals surface area contributed by atoms with Crippen LogP contribution >= 0.6 is 0 Å². The molecule has 4 aromatic rings. The first kappa shape index (κ1) is 22.4. The van der Waals surface area contributed by atoms with Crippen LogP contribution < -0.4 is 4.90 Å². The first-order chi connectivity index (χ1) is 16.9. The van der Waals surface area contributed by atoms with Crippen LogP contribution in [0.2, 0.25) is 0 Å². The Morgan fingerprint density at radius 2 is 1.34 bits per heavy atom. The highest BCUT2D eigenvalue weighted by Crippen LogP contribution is 2.41. The number of hydrogen-bond donors (Lipinski definition) is 1. The van der Waals surface area contributed by atoms with Crippen molar-refractivity contribution in [1.29, 1.82) is 0 Å². The molecule has 0 bridgehead atoms. The van der Waals surface area contributed by atoms with Crippen LogP contribution in [0.5, 0.6) is 0 Å². The summed E-state index contributed by atoms with van der Waals surface area (Å²) in [5.74, 6) is -0.923. The van der Waals surface area contributed by atoms with Gasteiger partial charge in [-0.2, -0.15) is 0 Å². The average Bonchev–Trinajstić information content (AvgIpc) is 3.14. The molecular formula is C31H26N2O2. The molecule has 0 fully saturated rings. The molecule has 172 valence electrons. The van der Waals surface area contributed by atoms with Gasteiger partial charge in [0.1, 0.15) is 0 Å². The minimum absolute atomic E-state index is 0.286. The maximum atomic E-state index is 11.4. The molecule has 0 spiro atoms. The molecule has 1 heterocycles. The lowest BCUT2D eigenvalue weighted by Gasteiger charge is -2.25. The Balaban J connectivity index is 1.41. The summed E-state index contributed by atoms with van der Waals surface area (Å²) in [4.78, 5) is 18.4. The van der Waals surface area contributed by atoms with Crippen molar-refractivity contribution in [1.82, 2.24) is 0 Å². The highest BCUT2D eigenvalue weighted by Gasteiger charge is 2.34. The van der Waals surface area contributed by atoms with Gasteiger partial charge in [-0.3, -0.25) is 4.99 Å². The van der Waals surface area contributed by atoms with Crippen molar-refractivity contribution >= 4 is 40.5 Å². The number of aliphatic imine (C=N–C) groups is 1. The van der Waals surface area contributed by atoms with Gasteiger partial charge in [0.15, 0.2) is 0 Å². The minimum Gasteiger partial charge on any atom is -0.478 e. The Morgan fingerprint density at radius 1 is 0.771 bits per heavy atom. The number of rotatable bonds is 6. The monoisotopic (exact) mass is 458 g/mol. The SMILES string of the molecule is CC1(C)C(C=Cc2ccc(N(c3ccccc3)c3ccccc3)cc2)=Nc2ccc(C(=O)O)cc21. The van der Waals surface area contributed by atoms with Crippen molar-refractivity contribution < 1.29 is 9.90 Å². The fraction of sp³-hybridized carbons (Fsp3) is 0.0968. The third-order valence-corrected chi connectivity index (χ3v) is 6.41. The summed E-state index contributed by atoms with van der Waals surface area (Å²) >= 11 is 0. The van der Waals surface area contributed by atoms with Gasteiger partial charge in [-0.05, 0) is 71.8 Å². The van der Waals surface area contributed by atoms with Gasteiger partial charge in [0.25, 0.3) is 0 Å². The van der Waals surface area contributed by atoms with Crippen LogP contribution in [0.25, 0.3) is 6.08 Å². The molecule has 1 aliphatic heterocycles. The number of anilines is 3. The Bertz CT molecular complexity index is 1380. The number of carboxylic acids is 1. The van der Waals surface area contributed by atoms with Gasteiger partial charge in [0.2, 0.25) is 0 Å². The minimum atomic E-state index is -0.923. The summed E-state index contributed by atoms with van der Waals surface area (Å²) in [6, 6.07) is 34.2. The summed E-state index contributed by atoms with van der Waals surface area (Å²) in [5, 5.41) is 9.36. The Morgan fingerprint density at radius 3 is 1.91 bits per heavy atom. The van der Waals surface area contributed by atoms with Crippen LogP contribution in [0.1, 0.15) is 35.3 Å². The standard InChI is InChI=1S/C31H26N2O2/c1-31(2)27-21-23(30(34)35)16-19-28(27)32-29(31)20-15-22-13-17-26(18-14-22)33(24-9-5-3-6-10-24)25-11-7-4-8-12-25/h3-21H,1-2H3,(H,34,35). The molecule has 0 saturated carbocycles. The van der Waals surface area contributed by atoms with Gasteiger partial charge < -0.3 is 10.0 Å². The van der Waals surface area contributed by atoms with Gasteiger partial charge in [0.05, 0.1) is 17.0 Å². The number of para-hydroxylation sites is 2. The lowest BCUT2D eigenvalue weighted by atomic mass is 9.80. The van der Waals surface area contributed by atoms with Crippen molar-refractivity contribution in [3.63, 3.8) is 0 Å². The highest BCUT2D eigenvalue weighted by atomic mass is 16.4. The summed E-state index contributed by atoms with van der Waals surface area (Å²) in [6.07, 6.45) is 4.09. The second-order valence-corrected chi connectivity index (χ2v) is 9.09. The van der Waals surface area contributed by atoms with E-state index < -0.39 is 5.97 Å². The van der Waals surface area contributed by atoms with Gasteiger partial charge in [-0.1, -0.05) is 68.5 Å². The zero-order chi connectivity index (χ0) is 24.4. The molecular weight excluding hydrogens is 432 g/mol. The number of aromatic carboxylic acids is 1. The van der Waals surface area contributed by atoms with Crippen molar-refractivity contribution in [2.24, 2.45) is 4.99 Å². The Hall–Kier alpha value is -4.44. The number of carboxylic acid groups (broad SMARTS) is 1.